The lowest BCUT2D eigenvalue weighted by atomic mass is 10.1. The van der Waals surface area contributed by atoms with Crippen molar-refractivity contribution in [1.82, 2.24) is 39.2 Å². The largest absolute Gasteiger partial charge is 0.345 e. The molecule has 10 nitrogen and oxygen atoms in total. The standard InChI is InChI=1S/C29H22N8O2/c1-19-25(27-30-14-7-15-36(27)34-19)28(38)31-17-24-33-23-11-6-8-21(13-12-20-16-32-35(2)18-20)26(23)29(39)37(24)22-9-4-3-5-10-22/h3-11,14-16,18H,17H2,1-2H3,(H,31,38). The van der Waals surface area contributed by atoms with Gasteiger partial charge in [-0.05, 0) is 37.3 Å². The van der Waals surface area contributed by atoms with E-state index in [0.29, 0.717) is 44.9 Å². The molecule has 0 fully saturated rings. The van der Waals surface area contributed by atoms with Gasteiger partial charge in [0.1, 0.15) is 11.4 Å². The molecule has 1 amide bonds. The number of nitrogens with zero attached hydrogens (tertiary/aromatic N) is 7. The molecule has 0 saturated carbocycles. The Morgan fingerprint density at radius 1 is 1.05 bits per heavy atom. The molecule has 0 atom stereocenters. The van der Waals surface area contributed by atoms with E-state index in [1.54, 1.807) is 59.1 Å². The minimum absolute atomic E-state index is 0.00805. The zero-order valence-corrected chi connectivity index (χ0v) is 21.2. The molecule has 2 aromatic carbocycles. The van der Waals surface area contributed by atoms with E-state index in [4.69, 9.17) is 4.98 Å². The summed E-state index contributed by atoms with van der Waals surface area (Å²) in [5.41, 5.74) is 3.52. The predicted octanol–water partition coefficient (Wildman–Crippen LogP) is 2.80. The van der Waals surface area contributed by atoms with E-state index in [0.717, 1.165) is 5.56 Å². The van der Waals surface area contributed by atoms with Crippen LogP contribution in [0.1, 0.15) is 33.0 Å². The smallest absolute Gasteiger partial charge is 0.267 e. The molecule has 6 rings (SSSR count). The second kappa shape index (κ2) is 9.72. The highest BCUT2D eigenvalue weighted by molar-refractivity contribution is 6.00. The van der Waals surface area contributed by atoms with E-state index >= 15 is 0 Å². The monoisotopic (exact) mass is 514 g/mol. The van der Waals surface area contributed by atoms with Crippen LogP contribution in [0.25, 0.3) is 22.2 Å². The van der Waals surface area contributed by atoms with E-state index in [-0.39, 0.29) is 18.0 Å². The van der Waals surface area contributed by atoms with Crippen LogP contribution in [0.5, 0.6) is 0 Å². The molecule has 0 bridgehead atoms. The molecule has 0 aliphatic heterocycles. The van der Waals surface area contributed by atoms with Crippen molar-refractivity contribution in [3.05, 3.63) is 118 Å². The summed E-state index contributed by atoms with van der Waals surface area (Å²) in [5.74, 6) is 6.20. The zero-order valence-electron chi connectivity index (χ0n) is 21.2. The Kier molecular flexibility index (Phi) is 5.93. The molecular weight excluding hydrogens is 492 g/mol. The Morgan fingerprint density at radius 3 is 2.69 bits per heavy atom. The van der Waals surface area contributed by atoms with Crippen LogP contribution in [-0.4, -0.2) is 39.8 Å². The van der Waals surface area contributed by atoms with E-state index in [1.807, 2.05) is 43.4 Å². The summed E-state index contributed by atoms with van der Waals surface area (Å²) < 4.78 is 4.74. The average Bonchev–Trinajstić information content (AvgIpc) is 3.52. The summed E-state index contributed by atoms with van der Waals surface area (Å²) >= 11 is 0. The average molecular weight is 515 g/mol. The number of para-hydroxylation sites is 1. The van der Waals surface area contributed by atoms with Crippen molar-refractivity contribution in [3.63, 3.8) is 0 Å². The molecule has 4 heterocycles. The van der Waals surface area contributed by atoms with E-state index < -0.39 is 0 Å². The van der Waals surface area contributed by atoms with Crippen LogP contribution in [0.4, 0.5) is 0 Å². The number of aromatic nitrogens is 7. The van der Waals surface area contributed by atoms with Crippen LogP contribution in [0, 0.1) is 18.8 Å². The summed E-state index contributed by atoms with van der Waals surface area (Å²) in [6, 6.07) is 16.3. The van der Waals surface area contributed by atoms with Crippen molar-refractivity contribution >= 4 is 22.5 Å². The number of fused-ring (bicyclic) bond motifs is 2. The number of carbonyl (C=O) groups excluding carboxylic acids is 1. The molecule has 6 aromatic rings. The topological polar surface area (TPSA) is 112 Å². The lowest BCUT2D eigenvalue weighted by molar-refractivity contribution is 0.0950. The molecule has 4 aromatic heterocycles. The van der Waals surface area contributed by atoms with Crippen molar-refractivity contribution in [2.45, 2.75) is 13.5 Å². The molecule has 39 heavy (non-hydrogen) atoms. The molecule has 0 radical (unpaired) electrons. The van der Waals surface area contributed by atoms with Crippen LogP contribution in [0.2, 0.25) is 0 Å². The van der Waals surface area contributed by atoms with Gasteiger partial charge in [0.05, 0.1) is 40.6 Å². The minimum Gasteiger partial charge on any atom is -0.345 e. The lowest BCUT2D eigenvalue weighted by Crippen LogP contribution is -2.30. The van der Waals surface area contributed by atoms with Gasteiger partial charge in [0.2, 0.25) is 0 Å². The van der Waals surface area contributed by atoms with Crippen molar-refractivity contribution in [3.8, 4) is 17.5 Å². The number of nitrogens with one attached hydrogen (secondary N) is 1. The van der Waals surface area contributed by atoms with Gasteiger partial charge in [0.15, 0.2) is 5.65 Å². The van der Waals surface area contributed by atoms with Crippen molar-refractivity contribution in [1.29, 1.82) is 0 Å². The minimum atomic E-state index is -0.355. The number of amides is 1. The Bertz CT molecular complexity index is 1990. The van der Waals surface area contributed by atoms with Gasteiger partial charge in [0, 0.05) is 31.2 Å². The third-order valence-electron chi connectivity index (χ3n) is 6.23. The molecule has 0 aliphatic carbocycles. The zero-order chi connectivity index (χ0) is 26.9. The summed E-state index contributed by atoms with van der Waals surface area (Å²) in [6.07, 6.45) is 6.82. The van der Waals surface area contributed by atoms with Gasteiger partial charge in [-0.25, -0.2) is 14.5 Å². The molecule has 0 aliphatic rings. The van der Waals surface area contributed by atoms with Crippen LogP contribution in [0.3, 0.4) is 0 Å². The van der Waals surface area contributed by atoms with E-state index in [1.165, 1.54) is 4.57 Å². The van der Waals surface area contributed by atoms with Crippen LogP contribution in [0.15, 0.2) is 84.2 Å². The summed E-state index contributed by atoms with van der Waals surface area (Å²) in [6.45, 7) is 1.76. The molecule has 0 saturated heterocycles. The number of benzene rings is 2. The molecule has 0 spiro atoms. The quantitative estimate of drug-likeness (QED) is 0.362. The maximum Gasteiger partial charge on any atom is 0.267 e. The first-order chi connectivity index (χ1) is 19.0. The van der Waals surface area contributed by atoms with Crippen molar-refractivity contribution < 1.29 is 4.79 Å². The van der Waals surface area contributed by atoms with Gasteiger partial charge in [-0.1, -0.05) is 36.1 Å². The highest BCUT2D eigenvalue weighted by Gasteiger charge is 2.20. The van der Waals surface area contributed by atoms with Gasteiger partial charge < -0.3 is 5.32 Å². The van der Waals surface area contributed by atoms with Crippen LogP contribution >= 0.6 is 0 Å². The first-order valence-corrected chi connectivity index (χ1v) is 12.2. The second-order valence-electron chi connectivity index (χ2n) is 8.89. The maximum atomic E-state index is 14.0. The third kappa shape index (κ3) is 4.42. The molecule has 10 heteroatoms. The fraction of sp³-hybridized carbons (Fsp3) is 0.103. The number of rotatable bonds is 4. The van der Waals surface area contributed by atoms with Crippen LogP contribution < -0.4 is 10.9 Å². The number of carbonyl (C=O) groups is 1. The second-order valence-corrected chi connectivity index (χ2v) is 8.89. The first-order valence-electron chi connectivity index (χ1n) is 12.2. The molecule has 190 valence electrons. The maximum absolute atomic E-state index is 14.0. The van der Waals surface area contributed by atoms with Gasteiger partial charge in [-0.15, -0.1) is 0 Å². The molecule has 0 unspecified atom stereocenters. The Morgan fingerprint density at radius 2 is 1.90 bits per heavy atom. The molecule has 1 N–H and O–H groups in total. The Balaban J connectivity index is 1.44. The number of aryl methyl sites for hydroxylation is 2. The lowest BCUT2D eigenvalue weighted by Gasteiger charge is -2.15. The van der Waals surface area contributed by atoms with Crippen molar-refractivity contribution in [2.24, 2.45) is 7.05 Å². The van der Waals surface area contributed by atoms with Gasteiger partial charge >= 0.3 is 0 Å². The van der Waals surface area contributed by atoms with Gasteiger partial charge in [-0.3, -0.25) is 18.8 Å². The van der Waals surface area contributed by atoms with Crippen molar-refractivity contribution in [2.75, 3.05) is 0 Å². The summed E-state index contributed by atoms with van der Waals surface area (Å²) in [5, 5.41) is 11.8. The molecular formula is C29H22N8O2. The van der Waals surface area contributed by atoms with E-state index in [2.05, 4.69) is 32.3 Å². The first kappa shape index (κ1) is 23.8. The highest BCUT2D eigenvalue weighted by atomic mass is 16.2. The van der Waals surface area contributed by atoms with Crippen LogP contribution in [-0.2, 0) is 13.6 Å². The third-order valence-corrected chi connectivity index (χ3v) is 6.23. The highest BCUT2D eigenvalue weighted by Crippen LogP contribution is 2.18. The van der Waals surface area contributed by atoms with Gasteiger partial charge in [-0.2, -0.15) is 10.2 Å². The summed E-state index contributed by atoms with van der Waals surface area (Å²) in [7, 11) is 1.82. The normalized spacial score (nSPS) is 10.9. The number of hydrogen-bond donors (Lipinski definition) is 1. The Hall–Kier alpha value is -5.56. The summed E-state index contributed by atoms with van der Waals surface area (Å²) in [4.78, 5) is 36.3. The predicted molar refractivity (Wildman–Crippen MR) is 145 cm³/mol. The fourth-order valence-electron chi connectivity index (χ4n) is 4.48. The van der Waals surface area contributed by atoms with Gasteiger partial charge in [0.25, 0.3) is 11.5 Å². The van der Waals surface area contributed by atoms with E-state index in [9.17, 15) is 9.59 Å². The fourth-order valence-corrected chi connectivity index (χ4v) is 4.48. The Labute approximate surface area is 222 Å². The number of hydrogen-bond acceptors (Lipinski definition) is 6. The SMILES string of the molecule is Cc1nn2cccnc2c1C(=O)NCc1nc2cccc(C#Cc3cnn(C)c3)c2c(=O)n1-c1ccccc1.